The number of piperidine rings is 1. The summed E-state index contributed by atoms with van der Waals surface area (Å²) in [6, 6.07) is 9.90. The third-order valence-electron chi connectivity index (χ3n) is 5.89. The Balaban J connectivity index is 1.11. The van der Waals surface area contributed by atoms with Gasteiger partial charge in [-0.05, 0) is 35.6 Å². The highest BCUT2D eigenvalue weighted by Crippen LogP contribution is 2.58. The van der Waals surface area contributed by atoms with Crippen LogP contribution in [0.3, 0.4) is 0 Å². The van der Waals surface area contributed by atoms with Crippen molar-refractivity contribution in [3.8, 4) is 11.6 Å². The van der Waals surface area contributed by atoms with Crippen molar-refractivity contribution in [1.82, 2.24) is 35.6 Å². The first kappa shape index (κ1) is 18.3. The second-order valence-electron chi connectivity index (χ2n) is 7.79. The van der Waals surface area contributed by atoms with Gasteiger partial charge in [0.25, 0.3) is 5.89 Å². The molecule has 1 aromatic carbocycles. The number of aromatic amines is 1. The fourth-order valence-corrected chi connectivity index (χ4v) is 4.41. The van der Waals surface area contributed by atoms with Gasteiger partial charge in [-0.25, -0.2) is 9.97 Å². The first-order valence-corrected chi connectivity index (χ1v) is 10.4. The summed E-state index contributed by atoms with van der Waals surface area (Å²) in [5.74, 6) is 2.46. The molecule has 0 radical (unpaired) electrons. The van der Waals surface area contributed by atoms with Gasteiger partial charge in [0.2, 0.25) is 5.95 Å². The van der Waals surface area contributed by atoms with Crippen LogP contribution in [0.25, 0.3) is 11.6 Å². The number of nitrogens with one attached hydrogen (secondary N) is 2. The molecule has 10 nitrogen and oxygen atoms in total. The first-order chi connectivity index (χ1) is 15.2. The number of fused-ring (bicyclic) bond motifs is 1. The lowest BCUT2D eigenvalue weighted by Gasteiger charge is -2.15. The summed E-state index contributed by atoms with van der Waals surface area (Å²) < 4.78 is 5.92. The van der Waals surface area contributed by atoms with E-state index in [1.54, 1.807) is 12.3 Å². The maximum atomic E-state index is 5.93. The lowest BCUT2D eigenvalue weighted by atomic mass is 10.2. The molecule has 4 heterocycles. The highest BCUT2D eigenvalue weighted by atomic mass is 35.5. The van der Waals surface area contributed by atoms with Gasteiger partial charge in [0, 0.05) is 36.8 Å². The maximum absolute atomic E-state index is 5.93. The summed E-state index contributed by atoms with van der Waals surface area (Å²) in [6.45, 7) is 2.34. The number of anilines is 2. The van der Waals surface area contributed by atoms with E-state index in [1.165, 1.54) is 0 Å². The summed E-state index contributed by atoms with van der Waals surface area (Å²) in [6.07, 6.45) is 3.48. The average molecular weight is 436 g/mol. The molecule has 2 fully saturated rings. The summed E-state index contributed by atoms with van der Waals surface area (Å²) in [4.78, 5) is 10.9. The average Bonchev–Trinajstić information content (AvgIpc) is 3.33. The quantitative estimate of drug-likeness (QED) is 0.470. The normalized spacial score (nSPS) is 21.8. The van der Waals surface area contributed by atoms with Gasteiger partial charge in [0.15, 0.2) is 0 Å². The minimum Gasteiger partial charge on any atom is -0.402 e. The van der Waals surface area contributed by atoms with Crippen LogP contribution in [0.5, 0.6) is 0 Å². The van der Waals surface area contributed by atoms with Crippen molar-refractivity contribution in [2.45, 2.75) is 12.5 Å². The summed E-state index contributed by atoms with van der Waals surface area (Å²) in [5, 5.41) is 23.2. The van der Waals surface area contributed by atoms with Crippen LogP contribution in [0.4, 0.5) is 12.0 Å². The lowest BCUT2D eigenvalue weighted by Crippen LogP contribution is -2.23. The molecule has 6 rings (SSSR count). The molecule has 0 amide bonds. The molecule has 11 heteroatoms. The molecule has 1 aliphatic carbocycles. The van der Waals surface area contributed by atoms with Crippen molar-refractivity contribution in [3.05, 3.63) is 59.0 Å². The Morgan fingerprint density at radius 3 is 2.74 bits per heavy atom. The van der Waals surface area contributed by atoms with Crippen molar-refractivity contribution in [1.29, 1.82) is 0 Å². The smallest absolute Gasteiger partial charge is 0.318 e. The molecule has 1 saturated heterocycles. The number of hydrogen-bond donors (Lipinski definition) is 2. The molecule has 0 bridgehead atoms. The van der Waals surface area contributed by atoms with Gasteiger partial charge in [-0.15, -0.1) is 5.10 Å². The van der Waals surface area contributed by atoms with Crippen molar-refractivity contribution >= 4 is 23.6 Å². The Bertz CT molecular complexity index is 1180. The Morgan fingerprint density at radius 2 is 1.97 bits per heavy atom. The van der Waals surface area contributed by atoms with Gasteiger partial charge in [0.05, 0.1) is 11.9 Å². The van der Waals surface area contributed by atoms with Crippen molar-refractivity contribution < 1.29 is 4.42 Å². The Labute approximate surface area is 182 Å². The molecule has 4 aromatic rings. The molecule has 1 aliphatic heterocycles. The maximum Gasteiger partial charge on any atom is 0.318 e. The van der Waals surface area contributed by atoms with Crippen LogP contribution in [0.2, 0.25) is 5.02 Å². The number of aromatic nitrogens is 7. The van der Waals surface area contributed by atoms with E-state index in [1.807, 2.05) is 30.5 Å². The first-order valence-electron chi connectivity index (χ1n) is 10.0. The highest BCUT2D eigenvalue weighted by Gasteiger charge is 2.58. The Kier molecular flexibility index (Phi) is 4.30. The van der Waals surface area contributed by atoms with E-state index in [0.717, 1.165) is 24.3 Å². The third-order valence-corrected chi connectivity index (χ3v) is 6.14. The molecule has 2 unspecified atom stereocenters. The molecule has 3 aromatic heterocycles. The van der Waals surface area contributed by atoms with Crippen molar-refractivity contribution in [2.24, 2.45) is 11.8 Å². The van der Waals surface area contributed by atoms with Crippen LogP contribution >= 0.6 is 11.6 Å². The fraction of sp³-hybridized carbons (Fsp3) is 0.300. The number of hydrogen-bond acceptors (Lipinski definition) is 9. The molecule has 2 atom stereocenters. The van der Waals surface area contributed by atoms with Crippen LogP contribution in [0.15, 0.2) is 47.1 Å². The molecular weight excluding hydrogens is 418 g/mol. The minimum atomic E-state index is 0.376. The van der Waals surface area contributed by atoms with Crippen LogP contribution in [0.1, 0.15) is 17.2 Å². The Hall–Kier alpha value is -3.53. The van der Waals surface area contributed by atoms with E-state index in [2.05, 4.69) is 45.8 Å². The zero-order valence-corrected chi connectivity index (χ0v) is 17.1. The molecule has 156 valence electrons. The third kappa shape index (κ3) is 3.48. The molecule has 0 spiro atoms. The number of halogens is 1. The van der Waals surface area contributed by atoms with Gasteiger partial charge < -0.3 is 14.6 Å². The summed E-state index contributed by atoms with van der Waals surface area (Å²) in [5.41, 5.74) is 2.70. The predicted molar refractivity (Wildman–Crippen MR) is 112 cm³/mol. The number of H-pyrrole nitrogens is 1. The highest BCUT2D eigenvalue weighted by molar-refractivity contribution is 6.30. The van der Waals surface area contributed by atoms with Gasteiger partial charge in [-0.3, -0.25) is 0 Å². The summed E-state index contributed by atoms with van der Waals surface area (Å²) in [7, 11) is 0. The van der Waals surface area contributed by atoms with Gasteiger partial charge in [0.1, 0.15) is 5.69 Å². The van der Waals surface area contributed by atoms with E-state index >= 15 is 0 Å². The molecule has 2 aliphatic rings. The predicted octanol–water partition coefficient (Wildman–Crippen LogP) is 2.76. The Morgan fingerprint density at radius 1 is 1.13 bits per heavy atom. The zero-order valence-electron chi connectivity index (χ0n) is 16.3. The molecular formula is C20H18ClN9O. The number of rotatable bonds is 6. The monoisotopic (exact) mass is 435 g/mol. The van der Waals surface area contributed by atoms with Gasteiger partial charge >= 0.3 is 6.01 Å². The second-order valence-corrected chi connectivity index (χ2v) is 8.23. The van der Waals surface area contributed by atoms with E-state index in [9.17, 15) is 0 Å². The summed E-state index contributed by atoms with van der Waals surface area (Å²) >= 11 is 5.93. The van der Waals surface area contributed by atoms with Crippen LogP contribution in [-0.4, -0.2) is 48.7 Å². The van der Waals surface area contributed by atoms with Gasteiger partial charge in [-0.2, -0.15) is 15.4 Å². The SMILES string of the molecule is Clc1ccc(CNc2nccc(-c3nnc(N4CC5C(C4)C5c4cn[nH]n4)o3)n2)cc1. The minimum absolute atomic E-state index is 0.376. The van der Waals surface area contributed by atoms with E-state index in [-0.39, 0.29) is 0 Å². The topological polar surface area (TPSA) is 122 Å². The van der Waals surface area contributed by atoms with Crippen molar-refractivity contribution in [2.75, 3.05) is 23.3 Å². The fourth-order valence-electron chi connectivity index (χ4n) is 4.29. The van der Waals surface area contributed by atoms with E-state index in [0.29, 0.717) is 52.9 Å². The number of benzene rings is 1. The van der Waals surface area contributed by atoms with Crippen LogP contribution in [0, 0.1) is 11.8 Å². The van der Waals surface area contributed by atoms with E-state index in [4.69, 9.17) is 16.0 Å². The van der Waals surface area contributed by atoms with Crippen molar-refractivity contribution in [3.63, 3.8) is 0 Å². The molecule has 2 N–H and O–H groups in total. The number of nitrogens with zero attached hydrogens (tertiary/aromatic N) is 7. The largest absolute Gasteiger partial charge is 0.402 e. The van der Waals surface area contributed by atoms with Crippen LogP contribution in [-0.2, 0) is 6.54 Å². The van der Waals surface area contributed by atoms with Gasteiger partial charge in [-0.1, -0.05) is 28.8 Å². The zero-order chi connectivity index (χ0) is 20.8. The standard InChI is InChI=1S/C20H18ClN9O/c21-12-3-1-11(2-4-12)7-23-19-22-6-5-15(25-19)18-27-28-20(31-18)30-9-13-14(10-30)17(13)16-8-24-29-26-16/h1-6,8,13-14,17H,7,9-10H2,(H,22,23,25)(H,24,26,29). The molecule has 31 heavy (non-hydrogen) atoms. The van der Waals surface area contributed by atoms with E-state index < -0.39 is 0 Å². The second kappa shape index (κ2) is 7.31. The molecule has 1 saturated carbocycles. The lowest BCUT2D eigenvalue weighted by molar-refractivity contribution is 0.542. The van der Waals surface area contributed by atoms with Crippen LogP contribution < -0.4 is 10.2 Å².